The molecule has 0 spiro atoms. The van der Waals surface area contributed by atoms with E-state index in [1.165, 1.54) is 0 Å². The first-order valence-electron chi connectivity index (χ1n) is 4.69. The van der Waals surface area contributed by atoms with Gasteiger partial charge in [0.05, 0.1) is 5.92 Å². The Hall–Kier alpha value is -0.320. The highest BCUT2D eigenvalue weighted by Gasteiger charge is 2.48. The van der Waals surface area contributed by atoms with E-state index in [0.29, 0.717) is 6.42 Å². The Morgan fingerprint density at radius 2 is 1.71 bits per heavy atom. The Kier molecular flexibility index (Phi) is 3.40. The molecule has 14 heavy (non-hydrogen) atoms. The van der Waals surface area contributed by atoms with Crippen molar-refractivity contribution < 1.29 is 17.6 Å². The number of halogens is 4. The predicted molar refractivity (Wildman–Crippen MR) is 45.8 cm³/mol. The van der Waals surface area contributed by atoms with Gasteiger partial charge in [0.25, 0.3) is 0 Å². The van der Waals surface area contributed by atoms with Crippen LogP contribution in [0.3, 0.4) is 0 Å². The molecule has 0 bridgehead atoms. The summed E-state index contributed by atoms with van der Waals surface area (Å²) >= 11 is 0. The lowest BCUT2D eigenvalue weighted by molar-refractivity contribution is -0.201. The molecule has 1 fully saturated rings. The monoisotopic (exact) mass is 213 g/mol. The molecule has 84 valence electrons. The van der Waals surface area contributed by atoms with Crippen LogP contribution in [0.25, 0.3) is 0 Å². The van der Waals surface area contributed by atoms with E-state index in [9.17, 15) is 17.6 Å². The first kappa shape index (κ1) is 11.8. The molecular weight excluding hydrogens is 198 g/mol. The molecule has 0 saturated heterocycles. The van der Waals surface area contributed by atoms with Gasteiger partial charge in [0.2, 0.25) is 0 Å². The van der Waals surface area contributed by atoms with Crippen LogP contribution < -0.4 is 0 Å². The molecule has 1 saturated carbocycles. The molecular formula is C9H15F4N. The van der Waals surface area contributed by atoms with Gasteiger partial charge in [0.15, 0.2) is 0 Å². The third kappa shape index (κ3) is 2.59. The maximum atomic E-state index is 12.9. The molecule has 0 aliphatic heterocycles. The van der Waals surface area contributed by atoms with Crippen molar-refractivity contribution >= 4 is 0 Å². The fourth-order valence-corrected chi connectivity index (χ4v) is 2.07. The molecule has 0 aromatic carbocycles. The van der Waals surface area contributed by atoms with Crippen LogP contribution in [0.1, 0.15) is 19.3 Å². The quantitative estimate of drug-likeness (QED) is 0.605. The Morgan fingerprint density at radius 3 is 2.14 bits per heavy atom. The lowest BCUT2D eigenvalue weighted by Crippen LogP contribution is -2.47. The number of nitrogens with zero attached hydrogens (tertiary/aromatic N) is 1. The second-order valence-corrected chi connectivity index (χ2v) is 4.09. The molecule has 0 aromatic rings. The van der Waals surface area contributed by atoms with Gasteiger partial charge < -0.3 is 4.90 Å². The first-order valence-corrected chi connectivity index (χ1v) is 4.69. The molecule has 1 aliphatic carbocycles. The van der Waals surface area contributed by atoms with Crippen molar-refractivity contribution in [3.8, 4) is 0 Å². The van der Waals surface area contributed by atoms with Crippen molar-refractivity contribution in [2.75, 3.05) is 14.1 Å². The Labute approximate surface area is 81.1 Å². The van der Waals surface area contributed by atoms with Gasteiger partial charge in [0.1, 0.15) is 6.17 Å². The summed E-state index contributed by atoms with van der Waals surface area (Å²) in [5.74, 6) is -1.51. The Morgan fingerprint density at radius 1 is 1.14 bits per heavy atom. The smallest absolute Gasteiger partial charge is 0.306 e. The van der Waals surface area contributed by atoms with Crippen LogP contribution in [0.2, 0.25) is 0 Å². The fourth-order valence-electron chi connectivity index (χ4n) is 2.07. The molecule has 1 aliphatic rings. The van der Waals surface area contributed by atoms with Crippen molar-refractivity contribution in [3.05, 3.63) is 0 Å². The minimum Gasteiger partial charge on any atom is -0.306 e. The summed E-state index contributed by atoms with van der Waals surface area (Å²) in [6.45, 7) is 0. The van der Waals surface area contributed by atoms with Crippen LogP contribution in [0.5, 0.6) is 0 Å². The molecule has 3 unspecified atom stereocenters. The maximum Gasteiger partial charge on any atom is 0.393 e. The zero-order chi connectivity index (χ0) is 10.9. The second-order valence-electron chi connectivity index (χ2n) is 4.09. The average molecular weight is 213 g/mol. The van der Waals surface area contributed by atoms with E-state index < -0.39 is 24.3 Å². The van der Waals surface area contributed by atoms with E-state index in [0.717, 1.165) is 0 Å². The normalized spacial score (nSPS) is 34.9. The highest BCUT2D eigenvalue weighted by molar-refractivity contribution is 4.88. The van der Waals surface area contributed by atoms with Gasteiger partial charge in [-0.05, 0) is 33.4 Å². The lowest BCUT2D eigenvalue weighted by Gasteiger charge is -2.38. The summed E-state index contributed by atoms with van der Waals surface area (Å²) in [5, 5.41) is 0. The summed E-state index contributed by atoms with van der Waals surface area (Å²) in [6.07, 6.45) is -5.42. The molecule has 0 radical (unpaired) electrons. The number of rotatable bonds is 1. The van der Waals surface area contributed by atoms with E-state index in [4.69, 9.17) is 0 Å². The summed E-state index contributed by atoms with van der Waals surface area (Å²) in [4.78, 5) is 1.55. The van der Waals surface area contributed by atoms with Crippen LogP contribution in [0, 0.1) is 5.92 Å². The van der Waals surface area contributed by atoms with E-state index >= 15 is 0 Å². The summed E-state index contributed by atoms with van der Waals surface area (Å²) in [5.41, 5.74) is 0. The van der Waals surface area contributed by atoms with Crippen LogP contribution in [-0.4, -0.2) is 37.4 Å². The summed E-state index contributed by atoms with van der Waals surface area (Å²) < 4.78 is 50.5. The van der Waals surface area contributed by atoms with Gasteiger partial charge in [-0.1, -0.05) is 0 Å². The minimum absolute atomic E-state index is 0.245. The molecule has 0 amide bonds. The number of hydrogen-bond acceptors (Lipinski definition) is 1. The van der Waals surface area contributed by atoms with E-state index in [1.54, 1.807) is 19.0 Å². The van der Waals surface area contributed by atoms with Gasteiger partial charge >= 0.3 is 6.18 Å². The Balaban J connectivity index is 2.74. The predicted octanol–water partition coefficient (Wildman–Crippen LogP) is 2.62. The average Bonchev–Trinajstić information content (AvgIpc) is 2.01. The van der Waals surface area contributed by atoms with Crippen molar-refractivity contribution in [2.45, 2.75) is 37.7 Å². The van der Waals surface area contributed by atoms with Crippen molar-refractivity contribution in [2.24, 2.45) is 5.92 Å². The van der Waals surface area contributed by atoms with Crippen LogP contribution in [0.15, 0.2) is 0 Å². The van der Waals surface area contributed by atoms with Crippen LogP contribution in [0.4, 0.5) is 17.6 Å². The molecule has 0 aromatic heterocycles. The molecule has 0 heterocycles. The highest BCUT2D eigenvalue weighted by Crippen LogP contribution is 2.40. The van der Waals surface area contributed by atoms with Gasteiger partial charge in [-0.15, -0.1) is 0 Å². The number of hydrogen-bond donors (Lipinski definition) is 0. The third-order valence-corrected chi connectivity index (χ3v) is 2.83. The summed E-state index contributed by atoms with van der Waals surface area (Å²) in [7, 11) is 3.23. The second kappa shape index (κ2) is 4.04. The van der Waals surface area contributed by atoms with Crippen LogP contribution in [-0.2, 0) is 0 Å². The standard InChI is InChI=1S/C9H15F4N/c1-14(2)8-4-3-6(10)5-7(8)9(11,12)13/h6-8H,3-5H2,1-2H3. The fraction of sp³-hybridized carbons (Fsp3) is 1.00. The van der Waals surface area contributed by atoms with E-state index in [1.807, 2.05) is 0 Å². The largest absolute Gasteiger partial charge is 0.393 e. The van der Waals surface area contributed by atoms with Crippen molar-refractivity contribution in [3.63, 3.8) is 0 Å². The SMILES string of the molecule is CN(C)C1CCC(F)CC1C(F)(F)F. The van der Waals surface area contributed by atoms with E-state index in [-0.39, 0.29) is 12.8 Å². The van der Waals surface area contributed by atoms with Crippen molar-refractivity contribution in [1.29, 1.82) is 0 Å². The van der Waals surface area contributed by atoms with Crippen LogP contribution >= 0.6 is 0 Å². The molecule has 5 heteroatoms. The van der Waals surface area contributed by atoms with Gasteiger partial charge in [-0.25, -0.2) is 4.39 Å². The first-order chi connectivity index (χ1) is 6.32. The van der Waals surface area contributed by atoms with Gasteiger partial charge in [0, 0.05) is 6.04 Å². The van der Waals surface area contributed by atoms with Crippen molar-refractivity contribution in [1.82, 2.24) is 4.90 Å². The van der Waals surface area contributed by atoms with Gasteiger partial charge in [-0.3, -0.25) is 0 Å². The molecule has 1 nitrogen and oxygen atoms in total. The minimum atomic E-state index is -4.28. The maximum absolute atomic E-state index is 12.9. The van der Waals surface area contributed by atoms with Gasteiger partial charge in [-0.2, -0.15) is 13.2 Å². The highest BCUT2D eigenvalue weighted by atomic mass is 19.4. The summed E-state index contributed by atoms with van der Waals surface area (Å²) in [6, 6.07) is -0.568. The molecule has 3 atom stereocenters. The zero-order valence-corrected chi connectivity index (χ0v) is 8.31. The molecule has 1 rings (SSSR count). The lowest BCUT2D eigenvalue weighted by atomic mass is 9.82. The Bertz CT molecular complexity index is 190. The topological polar surface area (TPSA) is 3.24 Å². The zero-order valence-electron chi connectivity index (χ0n) is 8.31. The van der Waals surface area contributed by atoms with E-state index in [2.05, 4.69) is 0 Å². The number of alkyl halides is 4. The molecule has 0 N–H and O–H groups in total. The third-order valence-electron chi connectivity index (χ3n) is 2.83.